The van der Waals surface area contributed by atoms with E-state index < -0.39 is 4.92 Å². The van der Waals surface area contributed by atoms with Gasteiger partial charge in [-0.15, -0.1) is 0 Å². The highest BCUT2D eigenvalue weighted by Gasteiger charge is 2.18. The lowest BCUT2D eigenvalue weighted by atomic mass is 10.1. The van der Waals surface area contributed by atoms with Crippen LogP contribution in [0.5, 0.6) is 5.75 Å². The molecule has 0 aromatic heterocycles. The summed E-state index contributed by atoms with van der Waals surface area (Å²) in [5, 5.41) is 16.7. The number of rotatable bonds is 7. The lowest BCUT2D eigenvalue weighted by Crippen LogP contribution is -2.32. The van der Waals surface area contributed by atoms with Crippen LogP contribution in [0.3, 0.4) is 0 Å². The topological polar surface area (TPSA) is 93.5 Å². The van der Waals surface area contributed by atoms with E-state index in [9.17, 15) is 14.9 Å². The Morgan fingerprint density at radius 1 is 1.45 bits per heavy atom. The van der Waals surface area contributed by atoms with Crippen LogP contribution in [0.2, 0.25) is 0 Å². The largest absolute Gasteiger partial charge is 0.490 e. The molecule has 2 N–H and O–H groups in total. The third-order valence-corrected chi connectivity index (χ3v) is 2.80. The van der Waals surface area contributed by atoms with Crippen molar-refractivity contribution in [3.8, 4) is 5.75 Å². The van der Waals surface area contributed by atoms with Gasteiger partial charge >= 0.3 is 5.69 Å². The van der Waals surface area contributed by atoms with Crippen LogP contribution in [0, 0.1) is 16.0 Å². The zero-order valence-corrected chi connectivity index (χ0v) is 11.8. The van der Waals surface area contributed by atoms with E-state index in [0.717, 1.165) is 6.54 Å². The Morgan fingerprint density at radius 2 is 2.15 bits per heavy atom. The molecule has 7 nitrogen and oxygen atoms in total. The van der Waals surface area contributed by atoms with Gasteiger partial charge in [0.2, 0.25) is 0 Å². The van der Waals surface area contributed by atoms with E-state index in [2.05, 4.69) is 10.6 Å². The quantitative estimate of drug-likeness (QED) is 0.578. The molecule has 0 bridgehead atoms. The van der Waals surface area contributed by atoms with Crippen LogP contribution < -0.4 is 15.4 Å². The highest BCUT2D eigenvalue weighted by molar-refractivity contribution is 5.95. The van der Waals surface area contributed by atoms with Gasteiger partial charge in [-0.1, -0.05) is 6.92 Å². The van der Waals surface area contributed by atoms with Gasteiger partial charge in [0, 0.05) is 18.2 Å². The average Bonchev–Trinajstić information content (AvgIpc) is 2.44. The van der Waals surface area contributed by atoms with Gasteiger partial charge < -0.3 is 15.4 Å². The molecule has 1 aromatic carbocycles. The van der Waals surface area contributed by atoms with Crippen molar-refractivity contribution in [2.75, 3.05) is 27.2 Å². The number of carbonyl (C=O) groups is 1. The Bertz CT molecular complexity index is 491. The lowest BCUT2D eigenvalue weighted by molar-refractivity contribution is -0.385. The minimum Gasteiger partial charge on any atom is -0.490 e. The third kappa shape index (κ3) is 4.20. The van der Waals surface area contributed by atoms with Crippen LogP contribution in [0.1, 0.15) is 17.3 Å². The van der Waals surface area contributed by atoms with E-state index in [1.54, 1.807) is 0 Å². The summed E-state index contributed by atoms with van der Waals surface area (Å²) in [6.45, 7) is 3.27. The molecule has 20 heavy (non-hydrogen) atoms. The van der Waals surface area contributed by atoms with Crippen molar-refractivity contribution in [3.05, 3.63) is 33.9 Å². The zero-order chi connectivity index (χ0) is 15.1. The van der Waals surface area contributed by atoms with Crippen LogP contribution in [-0.2, 0) is 0 Å². The Morgan fingerprint density at radius 3 is 2.70 bits per heavy atom. The van der Waals surface area contributed by atoms with Gasteiger partial charge in [-0.3, -0.25) is 14.9 Å². The summed E-state index contributed by atoms with van der Waals surface area (Å²) in [7, 11) is 3.19. The summed E-state index contributed by atoms with van der Waals surface area (Å²) in [5.41, 5.74) is 0.0255. The second-order valence-corrected chi connectivity index (χ2v) is 4.52. The van der Waals surface area contributed by atoms with Gasteiger partial charge in [0.1, 0.15) is 0 Å². The van der Waals surface area contributed by atoms with Crippen molar-refractivity contribution < 1.29 is 14.5 Å². The minimum atomic E-state index is -0.570. The molecule has 0 aliphatic carbocycles. The summed E-state index contributed by atoms with van der Waals surface area (Å²) in [6, 6.07) is 4.14. The number of benzene rings is 1. The number of amides is 1. The molecular weight excluding hydrogens is 262 g/mol. The van der Waals surface area contributed by atoms with Crippen molar-refractivity contribution in [3.63, 3.8) is 0 Å². The molecule has 0 aliphatic rings. The highest BCUT2D eigenvalue weighted by atomic mass is 16.6. The molecule has 0 radical (unpaired) electrons. The van der Waals surface area contributed by atoms with E-state index >= 15 is 0 Å². The van der Waals surface area contributed by atoms with Gasteiger partial charge in [0.25, 0.3) is 5.91 Å². The van der Waals surface area contributed by atoms with Gasteiger partial charge in [-0.25, -0.2) is 0 Å². The summed E-state index contributed by atoms with van der Waals surface area (Å²) >= 11 is 0. The van der Waals surface area contributed by atoms with E-state index in [-0.39, 0.29) is 28.8 Å². The van der Waals surface area contributed by atoms with Crippen LogP contribution in [0.4, 0.5) is 5.69 Å². The standard InChI is InChI=1S/C13H19N3O4/c1-9(7-14-2)8-15-13(17)10-4-5-12(20-3)11(6-10)16(18)19/h4-6,9,14H,7-8H2,1-3H3,(H,15,17). The predicted molar refractivity (Wildman–Crippen MR) is 75.1 cm³/mol. The Balaban J connectivity index is 2.78. The molecule has 0 spiro atoms. The van der Waals surface area contributed by atoms with Crippen molar-refractivity contribution in [1.82, 2.24) is 10.6 Å². The van der Waals surface area contributed by atoms with Crippen LogP contribution in [-0.4, -0.2) is 38.1 Å². The molecule has 1 unspecified atom stereocenters. The van der Waals surface area contributed by atoms with Crippen LogP contribution >= 0.6 is 0 Å². The molecule has 1 atom stereocenters. The number of methoxy groups -OCH3 is 1. The zero-order valence-electron chi connectivity index (χ0n) is 11.8. The second-order valence-electron chi connectivity index (χ2n) is 4.52. The van der Waals surface area contributed by atoms with Crippen molar-refractivity contribution in [1.29, 1.82) is 0 Å². The molecule has 110 valence electrons. The van der Waals surface area contributed by atoms with Gasteiger partial charge in [0.05, 0.1) is 12.0 Å². The normalized spacial score (nSPS) is 11.8. The fourth-order valence-corrected chi connectivity index (χ4v) is 1.76. The van der Waals surface area contributed by atoms with E-state index in [0.29, 0.717) is 6.54 Å². The predicted octanol–water partition coefficient (Wildman–Crippen LogP) is 1.19. The second kappa shape index (κ2) is 7.44. The van der Waals surface area contributed by atoms with E-state index in [1.165, 1.54) is 25.3 Å². The first kappa shape index (κ1) is 15.9. The number of carbonyl (C=O) groups excluding carboxylic acids is 1. The maximum atomic E-state index is 11.9. The maximum absolute atomic E-state index is 11.9. The molecule has 0 saturated carbocycles. The average molecular weight is 281 g/mol. The number of nitrogens with zero attached hydrogens (tertiary/aromatic N) is 1. The number of nitro benzene ring substituents is 1. The van der Waals surface area contributed by atoms with Crippen LogP contribution in [0.15, 0.2) is 18.2 Å². The van der Waals surface area contributed by atoms with E-state index in [1.807, 2.05) is 14.0 Å². The SMILES string of the molecule is CNCC(C)CNC(=O)c1ccc(OC)c([N+](=O)[O-])c1. The summed E-state index contributed by atoms with van der Waals surface area (Å²) in [5.74, 6) is 0.0750. The Labute approximate surface area is 117 Å². The summed E-state index contributed by atoms with van der Waals surface area (Å²) in [6.07, 6.45) is 0. The minimum absolute atomic E-state index is 0.134. The number of ether oxygens (including phenoxy) is 1. The molecule has 7 heteroatoms. The number of nitrogens with one attached hydrogen (secondary N) is 2. The first-order valence-electron chi connectivity index (χ1n) is 6.24. The fourth-order valence-electron chi connectivity index (χ4n) is 1.76. The molecule has 0 heterocycles. The first-order chi connectivity index (χ1) is 9.49. The number of nitro groups is 1. The molecule has 1 aromatic rings. The van der Waals surface area contributed by atoms with Crippen LogP contribution in [0.25, 0.3) is 0 Å². The molecule has 0 fully saturated rings. The molecule has 1 amide bonds. The van der Waals surface area contributed by atoms with Gasteiger partial charge in [-0.05, 0) is 31.6 Å². The highest BCUT2D eigenvalue weighted by Crippen LogP contribution is 2.27. The molecule has 0 aliphatic heterocycles. The number of hydrogen-bond acceptors (Lipinski definition) is 5. The smallest absolute Gasteiger partial charge is 0.311 e. The Kier molecular flexibility index (Phi) is 5.92. The van der Waals surface area contributed by atoms with E-state index in [4.69, 9.17) is 4.74 Å². The Hall–Kier alpha value is -2.15. The van der Waals surface area contributed by atoms with Crippen molar-refractivity contribution >= 4 is 11.6 Å². The fraction of sp³-hybridized carbons (Fsp3) is 0.462. The van der Waals surface area contributed by atoms with Gasteiger partial charge in [0.15, 0.2) is 5.75 Å². The maximum Gasteiger partial charge on any atom is 0.311 e. The summed E-state index contributed by atoms with van der Waals surface area (Å²) in [4.78, 5) is 22.3. The monoisotopic (exact) mass is 281 g/mol. The first-order valence-corrected chi connectivity index (χ1v) is 6.24. The third-order valence-electron chi connectivity index (χ3n) is 2.80. The van der Waals surface area contributed by atoms with Crippen molar-refractivity contribution in [2.45, 2.75) is 6.92 Å². The summed E-state index contributed by atoms with van der Waals surface area (Å²) < 4.78 is 4.89. The van der Waals surface area contributed by atoms with Crippen molar-refractivity contribution in [2.24, 2.45) is 5.92 Å². The molecular formula is C13H19N3O4. The number of hydrogen-bond donors (Lipinski definition) is 2. The molecule has 1 rings (SSSR count). The van der Waals surface area contributed by atoms with Gasteiger partial charge in [-0.2, -0.15) is 0 Å². The lowest BCUT2D eigenvalue weighted by Gasteiger charge is -2.12. The molecule has 0 saturated heterocycles.